The molecule has 0 fully saturated rings. The Balaban J connectivity index is 1.83. The van der Waals surface area contributed by atoms with Crippen LogP contribution >= 0.6 is 0 Å². The van der Waals surface area contributed by atoms with Crippen molar-refractivity contribution < 1.29 is 22.7 Å². The molecule has 0 aromatic heterocycles. The third-order valence-electron chi connectivity index (χ3n) is 5.69. The standard InChI is InChI=1S/C23H30N2O5S/c1-15(18-10-9-17-7-6-8-19(17)13-18)24-23(26)16(2)25(31(5,27)28)20-11-12-21(29-3)22(14-20)30-4/h9-16H,6-8H2,1-5H3,(H,24,26). The van der Waals surface area contributed by atoms with E-state index < -0.39 is 16.1 Å². The van der Waals surface area contributed by atoms with E-state index in [1.807, 2.05) is 13.0 Å². The average Bonchev–Trinajstić information content (AvgIpc) is 3.20. The zero-order valence-corrected chi connectivity index (χ0v) is 19.5. The molecule has 8 heteroatoms. The van der Waals surface area contributed by atoms with Crippen LogP contribution in [0, 0.1) is 0 Å². The lowest BCUT2D eigenvalue weighted by Gasteiger charge is -2.29. The summed E-state index contributed by atoms with van der Waals surface area (Å²) in [5, 5.41) is 2.96. The average molecular weight is 447 g/mol. The van der Waals surface area contributed by atoms with E-state index in [9.17, 15) is 13.2 Å². The molecule has 2 atom stereocenters. The van der Waals surface area contributed by atoms with Gasteiger partial charge in [-0.2, -0.15) is 0 Å². The highest BCUT2D eigenvalue weighted by atomic mass is 32.2. The van der Waals surface area contributed by atoms with Crippen LogP contribution in [-0.2, 0) is 27.7 Å². The third kappa shape index (κ3) is 4.95. The summed E-state index contributed by atoms with van der Waals surface area (Å²) in [5.41, 5.74) is 4.04. The van der Waals surface area contributed by atoms with Crippen LogP contribution in [0.5, 0.6) is 11.5 Å². The lowest BCUT2D eigenvalue weighted by atomic mass is 10.0. The van der Waals surface area contributed by atoms with E-state index >= 15 is 0 Å². The fourth-order valence-electron chi connectivity index (χ4n) is 4.05. The number of rotatable bonds is 8. The molecule has 2 aromatic carbocycles. The van der Waals surface area contributed by atoms with E-state index in [-0.39, 0.29) is 11.9 Å². The van der Waals surface area contributed by atoms with Gasteiger partial charge >= 0.3 is 0 Å². The lowest BCUT2D eigenvalue weighted by molar-refractivity contribution is -0.122. The summed E-state index contributed by atoms with van der Waals surface area (Å²) in [6.45, 7) is 3.48. The minimum absolute atomic E-state index is 0.243. The van der Waals surface area contributed by atoms with Gasteiger partial charge in [0.15, 0.2) is 11.5 Å². The van der Waals surface area contributed by atoms with Crippen LogP contribution in [0.2, 0.25) is 0 Å². The first kappa shape index (κ1) is 22.9. The van der Waals surface area contributed by atoms with E-state index in [1.54, 1.807) is 25.1 Å². The number of sulfonamides is 1. The first-order chi connectivity index (χ1) is 14.7. The number of nitrogens with one attached hydrogen (secondary N) is 1. The number of carbonyl (C=O) groups is 1. The fraction of sp³-hybridized carbons (Fsp3) is 0.435. The molecule has 0 aliphatic heterocycles. The Hall–Kier alpha value is -2.74. The summed E-state index contributed by atoms with van der Waals surface area (Å²) in [4.78, 5) is 13.0. The molecule has 2 aromatic rings. The Kier molecular flexibility index (Phi) is 6.79. The summed E-state index contributed by atoms with van der Waals surface area (Å²) in [7, 11) is -0.764. The molecule has 7 nitrogen and oxygen atoms in total. The second kappa shape index (κ2) is 9.18. The molecule has 0 saturated carbocycles. The predicted octanol–water partition coefficient (Wildman–Crippen LogP) is 3.22. The number of aryl methyl sites for hydroxylation is 2. The van der Waals surface area contributed by atoms with E-state index in [4.69, 9.17) is 9.47 Å². The van der Waals surface area contributed by atoms with Crippen LogP contribution < -0.4 is 19.1 Å². The van der Waals surface area contributed by atoms with Crippen molar-refractivity contribution in [2.75, 3.05) is 24.8 Å². The van der Waals surface area contributed by atoms with E-state index in [0.29, 0.717) is 17.2 Å². The number of nitrogens with zero attached hydrogens (tertiary/aromatic N) is 1. The molecule has 1 aliphatic carbocycles. The summed E-state index contributed by atoms with van der Waals surface area (Å²) in [5.74, 6) is 0.475. The first-order valence-electron chi connectivity index (χ1n) is 10.3. The van der Waals surface area contributed by atoms with Crippen molar-refractivity contribution >= 4 is 21.6 Å². The minimum Gasteiger partial charge on any atom is -0.493 e. The molecule has 0 spiro atoms. The summed E-state index contributed by atoms with van der Waals surface area (Å²) >= 11 is 0. The van der Waals surface area contributed by atoms with Gasteiger partial charge in [-0.1, -0.05) is 18.2 Å². The van der Waals surface area contributed by atoms with Crippen molar-refractivity contribution in [2.24, 2.45) is 0 Å². The molecule has 2 unspecified atom stereocenters. The molecule has 1 aliphatic rings. The highest BCUT2D eigenvalue weighted by Crippen LogP contribution is 2.33. The molecular weight excluding hydrogens is 416 g/mol. The summed E-state index contributed by atoms with van der Waals surface area (Å²) < 4.78 is 36.8. The van der Waals surface area contributed by atoms with Crippen LogP contribution in [0.25, 0.3) is 0 Å². The predicted molar refractivity (Wildman–Crippen MR) is 121 cm³/mol. The number of methoxy groups -OCH3 is 2. The highest BCUT2D eigenvalue weighted by Gasteiger charge is 2.30. The smallest absolute Gasteiger partial charge is 0.244 e. The number of hydrogen-bond donors (Lipinski definition) is 1. The van der Waals surface area contributed by atoms with Gasteiger partial charge in [0.1, 0.15) is 6.04 Å². The normalized spacial score (nSPS) is 15.0. The maximum absolute atomic E-state index is 13.0. The lowest BCUT2D eigenvalue weighted by Crippen LogP contribution is -2.48. The maximum atomic E-state index is 13.0. The topological polar surface area (TPSA) is 84.9 Å². The fourth-order valence-corrected chi connectivity index (χ4v) is 5.22. The van der Waals surface area contributed by atoms with Gasteiger partial charge in [-0.05, 0) is 61.9 Å². The van der Waals surface area contributed by atoms with Gasteiger partial charge in [-0.3, -0.25) is 9.10 Å². The number of ether oxygens (including phenoxy) is 2. The maximum Gasteiger partial charge on any atom is 0.244 e. The molecule has 0 saturated heterocycles. The second-order valence-corrected chi connectivity index (χ2v) is 9.75. The Labute approximate surface area is 184 Å². The van der Waals surface area contributed by atoms with Gasteiger partial charge in [-0.25, -0.2) is 8.42 Å². The van der Waals surface area contributed by atoms with Crippen molar-refractivity contribution in [1.82, 2.24) is 5.32 Å². The zero-order chi connectivity index (χ0) is 22.8. The van der Waals surface area contributed by atoms with Crippen LogP contribution in [-0.4, -0.2) is 40.8 Å². The van der Waals surface area contributed by atoms with Gasteiger partial charge < -0.3 is 14.8 Å². The first-order valence-corrected chi connectivity index (χ1v) is 12.1. The largest absolute Gasteiger partial charge is 0.493 e. The SMILES string of the molecule is COc1ccc(N(C(C)C(=O)NC(C)c2ccc3c(c2)CCC3)S(C)(=O)=O)cc1OC. The number of amides is 1. The van der Waals surface area contributed by atoms with Gasteiger partial charge in [0.25, 0.3) is 0 Å². The molecular formula is C23H30N2O5S. The van der Waals surface area contributed by atoms with Crippen LogP contribution in [0.3, 0.4) is 0 Å². The number of carbonyl (C=O) groups excluding carboxylic acids is 1. The van der Waals surface area contributed by atoms with Crippen molar-refractivity contribution in [2.45, 2.75) is 45.2 Å². The number of anilines is 1. The molecule has 0 bridgehead atoms. The number of benzene rings is 2. The third-order valence-corrected chi connectivity index (χ3v) is 6.93. The Bertz CT molecular complexity index is 1070. The molecule has 1 N–H and O–H groups in total. The number of fused-ring (bicyclic) bond motifs is 1. The van der Waals surface area contributed by atoms with E-state index in [2.05, 4.69) is 17.4 Å². The second-order valence-electron chi connectivity index (χ2n) is 7.89. The van der Waals surface area contributed by atoms with E-state index in [0.717, 1.165) is 35.4 Å². The number of hydrogen-bond acceptors (Lipinski definition) is 5. The van der Waals surface area contributed by atoms with Gasteiger partial charge in [-0.15, -0.1) is 0 Å². The van der Waals surface area contributed by atoms with Gasteiger partial charge in [0, 0.05) is 6.07 Å². The van der Waals surface area contributed by atoms with Crippen molar-refractivity contribution in [3.05, 3.63) is 53.1 Å². The molecule has 1 amide bonds. The zero-order valence-electron chi connectivity index (χ0n) is 18.6. The van der Waals surface area contributed by atoms with Gasteiger partial charge in [0.05, 0.1) is 32.2 Å². The molecule has 0 radical (unpaired) electrons. The Morgan fingerprint density at radius 1 is 1.00 bits per heavy atom. The highest BCUT2D eigenvalue weighted by molar-refractivity contribution is 7.92. The molecule has 31 heavy (non-hydrogen) atoms. The van der Waals surface area contributed by atoms with E-state index in [1.165, 1.54) is 25.3 Å². The van der Waals surface area contributed by atoms with Crippen molar-refractivity contribution in [1.29, 1.82) is 0 Å². The van der Waals surface area contributed by atoms with Crippen LogP contribution in [0.4, 0.5) is 5.69 Å². The Morgan fingerprint density at radius 2 is 1.68 bits per heavy atom. The van der Waals surface area contributed by atoms with Crippen molar-refractivity contribution in [3.8, 4) is 11.5 Å². The summed E-state index contributed by atoms with van der Waals surface area (Å²) in [6, 6.07) is 9.85. The minimum atomic E-state index is -3.74. The van der Waals surface area contributed by atoms with Gasteiger partial charge in [0.2, 0.25) is 15.9 Å². The molecule has 168 valence electrons. The quantitative estimate of drug-likeness (QED) is 0.673. The molecule has 0 heterocycles. The van der Waals surface area contributed by atoms with Crippen molar-refractivity contribution in [3.63, 3.8) is 0 Å². The summed E-state index contributed by atoms with van der Waals surface area (Å²) in [6.07, 6.45) is 4.39. The Morgan fingerprint density at radius 3 is 2.32 bits per heavy atom. The monoisotopic (exact) mass is 446 g/mol. The van der Waals surface area contributed by atoms with Crippen LogP contribution in [0.1, 0.15) is 43.0 Å². The molecule has 3 rings (SSSR count). The van der Waals surface area contributed by atoms with Crippen LogP contribution in [0.15, 0.2) is 36.4 Å².